The van der Waals surface area contributed by atoms with Gasteiger partial charge in [0.15, 0.2) is 0 Å². The highest BCUT2D eigenvalue weighted by Gasteiger charge is 2.36. The monoisotopic (exact) mass is 262 g/mol. The van der Waals surface area contributed by atoms with Crippen LogP contribution in [0.15, 0.2) is 24.3 Å². The van der Waals surface area contributed by atoms with Crippen LogP contribution < -0.4 is 10.5 Å². The fourth-order valence-electron chi connectivity index (χ4n) is 2.76. The normalized spacial score (nSPS) is 23.8. The number of hydrogen-bond acceptors (Lipinski definition) is 3. The Kier molecular flexibility index (Phi) is 4.10. The first-order valence-electron chi connectivity index (χ1n) is 6.75. The highest BCUT2D eigenvalue weighted by Crippen LogP contribution is 2.33. The van der Waals surface area contributed by atoms with Gasteiger partial charge in [-0.1, -0.05) is 12.1 Å². The number of carbonyl (C=O) groups is 1. The van der Waals surface area contributed by atoms with Gasteiger partial charge in [-0.2, -0.15) is 0 Å². The first-order valence-corrected chi connectivity index (χ1v) is 6.75. The maximum Gasteiger partial charge on any atom is 0.223 e. The second kappa shape index (κ2) is 5.61. The number of hydrogen-bond donors (Lipinski definition) is 1. The van der Waals surface area contributed by atoms with Crippen LogP contribution in [-0.2, 0) is 4.79 Å². The molecule has 1 aromatic rings. The zero-order chi connectivity index (χ0) is 14.0. The predicted octanol–water partition coefficient (Wildman–Crippen LogP) is 2.09. The molecule has 0 radical (unpaired) electrons. The van der Waals surface area contributed by atoms with E-state index in [0.29, 0.717) is 6.42 Å². The molecular weight excluding hydrogens is 240 g/mol. The fourth-order valence-corrected chi connectivity index (χ4v) is 2.76. The Balaban J connectivity index is 2.33. The lowest BCUT2D eigenvalue weighted by Crippen LogP contribution is -2.51. The second-order valence-electron chi connectivity index (χ2n) is 5.32. The third-order valence-electron chi connectivity index (χ3n) is 3.70. The number of benzene rings is 1. The van der Waals surface area contributed by atoms with E-state index < -0.39 is 0 Å². The van der Waals surface area contributed by atoms with Crippen LogP contribution in [0.1, 0.15) is 38.3 Å². The minimum absolute atomic E-state index is 0.00602. The van der Waals surface area contributed by atoms with Gasteiger partial charge >= 0.3 is 0 Å². The van der Waals surface area contributed by atoms with Crippen LogP contribution >= 0.6 is 0 Å². The molecule has 0 bridgehead atoms. The molecule has 1 aromatic carbocycles. The molecule has 1 heterocycles. The summed E-state index contributed by atoms with van der Waals surface area (Å²) in [5, 5.41) is 0. The van der Waals surface area contributed by atoms with E-state index in [1.807, 2.05) is 43.0 Å². The summed E-state index contributed by atoms with van der Waals surface area (Å²) in [6, 6.07) is 7.94. The number of ether oxygens (including phenoxy) is 1. The van der Waals surface area contributed by atoms with Crippen LogP contribution in [-0.4, -0.2) is 30.0 Å². The van der Waals surface area contributed by atoms with E-state index >= 15 is 0 Å². The molecular formula is C15H22N2O2. The summed E-state index contributed by atoms with van der Waals surface area (Å²) in [5.41, 5.74) is 7.33. The summed E-state index contributed by atoms with van der Waals surface area (Å²) in [7, 11) is 1.64. The van der Waals surface area contributed by atoms with Gasteiger partial charge in [0, 0.05) is 18.5 Å². The molecule has 1 aliphatic heterocycles. The number of piperidine rings is 1. The van der Waals surface area contributed by atoms with E-state index in [4.69, 9.17) is 10.5 Å². The number of likely N-dealkylation sites (tertiary alicyclic amines) is 1. The van der Waals surface area contributed by atoms with Crippen LogP contribution in [0.5, 0.6) is 5.75 Å². The summed E-state index contributed by atoms with van der Waals surface area (Å²) in [6.07, 6.45) is 1.30. The van der Waals surface area contributed by atoms with Crippen molar-refractivity contribution in [1.82, 2.24) is 4.90 Å². The number of amides is 1. The van der Waals surface area contributed by atoms with Crippen molar-refractivity contribution >= 4 is 5.91 Å². The summed E-state index contributed by atoms with van der Waals surface area (Å²) in [6.45, 7) is 4.07. The molecule has 1 fully saturated rings. The molecule has 4 nitrogen and oxygen atoms in total. The maximum atomic E-state index is 12.1. The molecule has 1 aliphatic rings. The van der Waals surface area contributed by atoms with Gasteiger partial charge in [0.1, 0.15) is 5.75 Å². The average molecular weight is 262 g/mol. The fraction of sp³-hybridized carbons (Fsp3) is 0.533. The van der Waals surface area contributed by atoms with Crippen molar-refractivity contribution in [2.45, 2.75) is 44.8 Å². The molecule has 19 heavy (non-hydrogen) atoms. The quantitative estimate of drug-likeness (QED) is 0.907. The molecule has 1 saturated heterocycles. The van der Waals surface area contributed by atoms with Crippen molar-refractivity contribution in [3.63, 3.8) is 0 Å². The van der Waals surface area contributed by atoms with E-state index in [1.165, 1.54) is 0 Å². The largest absolute Gasteiger partial charge is 0.497 e. The molecule has 0 aliphatic carbocycles. The Morgan fingerprint density at radius 3 is 2.47 bits per heavy atom. The van der Waals surface area contributed by atoms with E-state index in [2.05, 4.69) is 0 Å². The molecule has 0 spiro atoms. The van der Waals surface area contributed by atoms with Crippen molar-refractivity contribution < 1.29 is 9.53 Å². The zero-order valence-corrected chi connectivity index (χ0v) is 11.8. The van der Waals surface area contributed by atoms with E-state index in [-0.39, 0.29) is 24.0 Å². The Bertz CT molecular complexity index is 442. The van der Waals surface area contributed by atoms with Crippen LogP contribution in [0.3, 0.4) is 0 Å². The summed E-state index contributed by atoms with van der Waals surface area (Å²) < 4.78 is 5.17. The van der Waals surface area contributed by atoms with Crippen molar-refractivity contribution in [1.29, 1.82) is 0 Å². The molecule has 2 N–H and O–H groups in total. The number of nitrogens with zero attached hydrogens (tertiary/aromatic N) is 1. The Labute approximate surface area is 114 Å². The zero-order valence-electron chi connectivity index (χ0n) is 11.8. The van der Waals surface area contributed by atoms with Gasteiger partial charge in [-0.15, -0.1) is 0 Å². The highest BCUT2D eigenvalue weighted by atomic mass is 16.5. The standard InChI is InChI=1S/C15H22N2O2/c1-10(2)17-14(18)9-8-13(16)15(17)11-4-6-12(19-3)7-5-11/h4-7,10,13,15H,8-9,16H2,1-3H3. The van der Waals surface area contributed by atoms with Crippen LogP contribution in [0.25, 0.3) is 0 Å². The number of methoxy groups -OCH3 is 1. The van der Waals surface area contributed by atoms with Gasteiger partial charge in [0.05, 0.1) is 13.2 Å². The molecule has 0 saturated carbocycles. The molecule has 1 amide bonds. The molecule has 4 heteroatoms. The Hall–Kier alpha value is -1.55. The molecule has 2 rings (SSSR count). The molecule has 2 atom stereocenters. The lowest BCUT2D eigenvalue weighted by Gasteiger charge is -2.42. The second-order valence-corrected chi connectivity index (χ2v) is 5.32. The summed E-state index contributed by atoms with van der Waals surface area (Å²) in [4.78, 5) is 14.0. The van der Waals surface area contributed by atoms with Gasteiger partial charge in [-0.25, -0.2) is 0 Å². The Morgan fingerprint density at radius 2 is 1.95 bits per heavy atom. The highest BCUT2D eigenvalue weighted by molar-refractivity contribution is 5.78. The number of rotatable bonds is 3. The third-order valence-corrected chi connectivity index (χ3v) is 3.70. The Morgan fingerprint density at radius 1 is 1.32 bits per heavy atom. The average Bonchev–Trinajstić information content (AvgIpc) is 2.41. The van der Waals surface area contributed by atoms with E-state index in [0.717, 1.165) is 17.7 Å². The van der Waals surface area contributed by atoms with Gasteiger partial charge in [0.2, 0.25) is 5.91 Å². The van der Waals surface area contributed by atoms with E-state index in [9.17, 15) is 4.79 Å². The number of nitrogens with two attached hydrogens (primary N) is 1. The first kappa shape index (κ1) is 13.9. The lowest BCUT2D eigenvalue weighted by molar-refractivity contribution is -0.139. The smallest absolute Gasteiger partial charge is 0.223 e. The molecule has 0 aromatic heterocycles. The number of carbonyl (C=O) groups excluding carboxylic acids is 1. The van der Waals surface area contributed by atoms with Crippen molar-refractivity contribution in [2.24, 2.45) is 5.73 Å². The van der Waals surface area contributed by atoms with Crippen molar-refractivity contribution in [2.75, 3.05) is 7.11 Å². The molecule has 104 valence electrons. The first-order chi connectivity index (χ1) is 9.04. The predicted molar refractivity (Wildman–Crippen MR) is 74.9 cm³/mol. The third kappa shape index (κ3) is 2.73. The lowest BCUT2D eigenvalue weighted by atomic mass is 9.89. The van der Waals surface area contributed by atoms with Crippen molar-refractivity contribution in [3.05, 3.63) is 29.8 Å². The summed E-state index contributed by atoms with van der Waals surface area (Å²) in [5.74, 6) is 1.01. The SMILES string of the molecule is COc1ccc(C2C(N)CCC(=O)N2C(C)C)cc1. The van der Waals surface area contributed by atoms with Crippen LogP contribution in [0.2, 0.25) is 0 Å². The van der Waals surface area contributed by atoms with Crippen LogP contribution in [0.4, 0.5) is 0 Å². The van der Waals surface area contributed by atoms with Crippen LogP contribution in [0, 0.1) is 0 Å². The topological polar surface area (TPSA) is 55.6 Å². The van der Waals surface area contributed by atoms with Gasteiger partial charge in [-0.3, -0.25) is 4.79 Å². The maximum absolute atomic E-state index is 12.1. The van der Waals surface area contributed by atoms with Crippen molar-refractivity contribution in [3.8, 4) is 5.75 Å². The minimum Gasteiger partial charge on any atom is -0.497 e. The minimum atomic E-state index is -0.0350. The van der Waals surface area contributed by atoms with E-state index in [1.54, 1.807) is 7.11 Å². The van der Waals surface area contributed by atoms with Gasteiger partial charge in [0.25, 0.3) is 0 Å². The summed E-state index contributed by atoms with van der Waals surface area (Å²) >= 11 is 0. The molecule has 2 unspecified atom stereocenters. The van der Waals surface area contributed by atoms with Gasteiger partial charge < -0.3 is 15.4 Å². The van der Waals surface area contributed by atoms with Gasteiger partial charge in [-0.05, 0) is 38.0 Å².